The van der Waals surface area contributed by atoms with E-state index < -0.39 is 0 Å². The first-order chi connectivity index (χ1) is 8.06. The van der Waals surface area contributed by atoms with Crippen molar-refractivity contribution in [2.75, 3.05) is 25.0 Å². The predicted octanol–water partition coefficient (Wildman–Crippen LogP) is 1.96. The molecule has 0 bridgehead atoms. The van der Waals surface area contributed by atoms with Crippen LogP contribution in [0.1, 0.15) is 31.7 Å². The Morgan fingerprint density at radius 1 is 1.29 bits per heavy atom. The number of likely N-dealkylation sites (N-methyl/N-ethyl adjacent to an activating group) is 1. The summed E-state index contributed by atoms with van der Waals surface area (Å²) in [5.41, 5.74) is 7.95. The van der Waals surface area contributed by atoms with Crippen molar-refractivity contribution < 1.29 is 5.11 Å². The summed E-state index contributed by atoms with van der Waals surface area (Å²) in [5.74, 6) is 0.486. The van der Waals surface area contributed by atoms with Gasteiger partial charge in [-0.15, -0.1) is 0 Å². The maximum absolute atomic E-state index is 9.79. The van der Waals surface area contributed by atoms with Crippen molar-refractivity contribution in [2.45, 2.75) is 32.3 Å². The van der Waals surface area contributed by atoms with Gasteiger partial charge in [-0.2, -0.15) is 0 Å². The molecule has 0 spiro atoms. The minimum atomic E-state index is -0.356. The van der Waals surface area contributed by atoms with E-state index in [-0.39, 0.29) is 6.10 Å². The molecule has 3 N–H and O–H groups in total. The third kappa shape index (κ3) is 4.02. The van der Waals surface area contributed by atoms with Crippen molar-refractivity contribution in [2.24, 2.45) is 5.73 Å². The van der Waals surface area contributed by atoms with Gasteiger partial charge >= 0.3 is 0 Å². The highest BCUT2D eigenvalue weighted by Crippen LogP contribution is 2.26. The number of para-hydroxylation sites is 1. The van der Waals surface area contributed by atoms with Crippen LogP contribution < -0.4 is 10.6 Å². The molecule has 1 rings (SSSR count). The smallest absolute Gasteiger partial charge is 0.0726 e. The summed E-state index contributed by atoms with van der Waals surface area (Å²) >= 11 is 0. The van der Waals surface area contributed by atoms with Crippen LogP contribution in [0, 0.1) is 0 Å². The van der Waals surface area contributed by atoms with Gasteiger partial charge in [0.25, 0.3) is 0 Å². The van der Waals surface area contributed by atoms with Crippen molar-refractivity contribution in [3.63, 3.8) is 0 Å². The number of aliphatic hydroxyl groups excluding tert-OH is 1. The molecule has 0 heterocycles. The van der Waals surface area contributed by atoms with Gasteiger partial charge in [0, 0.05) is 19.3 Å². The summed E-state index contributed by atoms with van der Waals surface area (Å²) in [5, 5.41) is 9.79. The molecule has 0 aliphatic carbocycles. The summed E-state index contributed by atoms with van der Waals surface area (Å²) in [6.07, 6.45) is 0.291. The molecule has 0 saturated carbocycles. The van der Waals surface area contributed by atoms with E-state index in [1.165, 1.54) is 11.3 Å². The SMILES string of the molecule is CC(C)c1ccccc1N(C)CC(O)CCN. The number of aliphatic hydroxyl groups is 1. The molecular weight excluding hydrogens is 212 g/mol. The second-order valence-corrected chi connectivity index (χ2v) is 4.83. The van der Waals surface area contributed by atoms with Gasteiger partial charge in [-0.25, -0.2) is 0 Å². The molecule has 0 amide bonds. The average molecular weight is 236 g/mol. The summed E-state index contributed by atoms with van der Waals surface area (Å²) < 4.78 is 0. The van der Waals surface area contributed by atoms with Crippen LogP contribution in [0.25, 0.3) is 0 Å². The van der Waals surface area contributed by atoms with E-state index >= 15 is 0 Å². The Labute approximate surface area is 104 Å². The van der Waals surface area contributed by atoms with E-state index in [0.717, 1.165) is 0 Å². The zero-order valence-corrected chi connectivity index (χ0v) is 11.1. The lowest BCUT2D eigenvalue weighted by atomic mass is 10.0. The number of nitrogens with zero attached hydrogens (tertiary/aromatic N) is 1. The van der Waals surface area contributed by atoms with E-state index in [1.54, 1.807) is 0 Å². The van der Waals surface area contributed by atoms with Crippen LogP contribution in [0.15, 0.2) is 24.3 Å². The van der Waals surface area contributed by atoms with Crippen molar-refractivity contribution in [1.82, 2.24) is 0 Å². The Morgan fingerprint density at radius 2 is 1.94 bits per heavy atom. The fraction of sp³-hybridized carbons (Fsp3) is 0.571. The lowest BCUT2D eigenvalue weighted by molar-refractivity contribution is 0.174. The zero-order chi connectivity index (χ0) is 12.8. The first-order valence-electron chi connectivity index (χ1n) is 6.24. The summed E-state index contributed by atoms with van der Waals surface area (Å²) in [4.78, 5) is 2.11. The summed E-state index contributed by atoms with van der Waals surface area (Å²) in [7, 11) is 2.01. The second-order valence-electron chi connectivity index (χ2n) is 4.83. The predicted molar refractivity (Wildman–Crippen MR) is 73.5 cm³/mol. The lowest BCUT2D eigenvalue weighted by Gasteiger charge is -2.26. The van der Waals surface area contributed by atoms with E-state index in [1.807, 2.05) is 13.1 Å². The van der Waals surface area contributed by atoms with Crippen molar-refractivity contribution in [1.29, 1.82) is 0 Å². The topological polar surface area (TPSA) is 49.5 Å². The van der Waals surface area contributed by atoms with Crippen LogP contribution >= 0.6 is 0 Å². The summed E-state index contributed by atoms with van der Waals surface area (Å²) in [6.45, 7) is 5.52. The number of hydrogen-bond donors (Lipinski definition) is 2. The Bertz CT molecular complexity index is 339. The minimum absolute atomic E-state index is 0.356. The quantitative estimate of drug-likeness (QED) is 0.794. The summed E-state index contributed by atoms with van der Waals surface area (Å²) in [6, 6.07) is 8.34. The molecule has 0 aliphatic heterocycles. The highest BCUT2D eigenvalue weighted by atomic mass is 16.3. The van der Waals surface area contributed by atoms with Gasteiger partial charge in [0.05, 0.1) is 6.10 Å². The number of rotatable bonds is 6. The third-order valence-corrected chi connectivity index (χ3v) is 2.95. The largest absolute Gasteiger partial charge is 0.391 e. The normalized spacial score (nSPS) is 12.8. The van der Waals surface area contributed by atoms with Gasteiger partial charge in [0.1, 0.15) is 0 Å². The van der Waals surface area contributed by atoms with Crippen molar-refractivity contribution in [3.8, 4) is 0 Å². The Balaban J connectivity index is 2.77. The van der Waals surface area contributed by atoms with Crippen molar-refractivity contribution >= 4 is 5.69 Å². The first kappa shape index (κ1) is 14.0. The molecule has 0 fully saturated rings. The zero-order valence-electron chi connectivity index (χ0n) is 11.1. The third-order valence-electron chi connectivity index (χ3n) is 2.95. The van der Waals surface area contributed by atoms with Crippen molar-refractivity contribution in [3.05, 3.63) is 29.8 Å². The van der Waals surface area contributed by atoms with Gasteiger partial charge in [-0.3, -0.25) is 0 Å². The van der Waals surface area contributed by atoms with E-state index in [4.69, 9.17) is 5.73 Å². The fourth-order valence-corrected chi connectivity index (χ4v) is 2.02. The molecular formula is C14H24N2O. The highest BCUT2D eigenvalue weighted by Gasteiger charge is 2.12. The van der Waals surface area contributed by atoms with Crippen LogP contribution in [0.5, 0.6) is 0 Å². The molecule has 1 aromatic carbocycles. The Morgan fingerprint density at radius 3 is 2.53 bits per heavy atom. The minimum Gasteiger partial charge on any atom is -0.391 e. The molecule has 0 saturated heterocycles. The highest BCUT2D eigenvalue weighted by molar-refractivity contribution is 5.54. The molecule has 1 atom stereocenters. The molecule has 0 aliphatic rings. The fourth-order valence-electron chi connectivity index (χ4n) is 2.02. The molecule has 0 aromatic heterocycles. The van der Waals surface area contributed by atoms with E-state index in [2.05, 4.69) is 36.9 Å². The number of nitrogens with two attached hydrogens (primary N) is 1. The second kappa shape index (κ2) is 6.62. The Hall–Kier alpha value is -1.06. The average Bonchev–Trinajstić information content (AvgIpc) is 2.29. The maximum Gasteiger partial charge on any atom is 0.0726 e. The van der Waals surface area contributed by atoms with Crippen LogP contribution in [0.3, 0.4) is 0 Å². The van der Waals surface area contributed by atoms with E-state index in [9.17, 15) is 5.11 Å². The molecule has 96 valence electrons. The van der Waals surface area contributed by atoms with Crippen LogP contribution in [0.4, 0.5) is 5.69 Å². The van der Waals surface area contributed by atoms with Crippen LogP contribution in [-0.4, -0.2) is 31.3 Å². The molecule has 1 aromatic rings. The van der Waals surface area contributed by atoms with Crippen LogP contribution in [-0.2, 0) is 0 Å². The van der Waals surface area contributed by atoms with Crippen LogP contribution in [0.2, 0.25) is 0 Å². The molecule has 3 nitrogen and oxygen atoms in total. The van der Waals surface area contributed by atoms with E-state index in [0.29, 0.717) is 25.4 Å². The first-order valence-corrected chi connectivity index (χ1v) is 6.24. The monoisotopic (exact) mass is 236 g/mol. The van der Waals surface area contributed by atoms with Gasteiger partial charge in [0.2, 0.25) is 0 Å². The molecule has 3 heteroatoms. The lowest BCUT2D eigenvalue weighted by Crippen LogP contribution is -2.31. The number of anilines is 1. The standard InChI is InChI=1S/C14H24N2O/c1-11(2)13-6-4-5-7-14(13)16(3)10-12(17)8-9-15/h4-7,11-12,17H,8-10,15H2,1-3H3. The Kier molecular flexibility index (Phi) is 5.45. The maximum atomic E-state index is 9.79. The number of hydrogen-bond acceptors (Lipinski definition) is 3. The number of benzene rings is 1. The van der Waals surface area contributed by atoms with Gasteiger partial charge in [-0.1, -0.05) is 32.0 Å². The van der Waals surface area contributed by atoms with Gasteiger partial charge in [0.15, 0.2) is 0 Å². The molecule has 0 radical (unpaired) electrons. The van der Waals surface area contributed by atoms with Gasteiger partial charge < -0.3 is 15.7 Å². The van der Waals surface area contributed by atoms with Gasteiger partial charge in [-0.05, 0) is 30.5 Å². The molecule has 1 unspecified atom stereocenters. The molecule has 17 heavy (non-hydrogen) atoms.